The Morgan fingerprint density at radius 2 is 2.00 bits per heavy atom. The van der Waals surface area contributed by atoms with E-state index in [9.17, 15) is 9.90 Å². The lowest BCUT2D eigenvalue weighted by atomic mass is 9.94. The zero-order valence-corrected chi connectivity index (χ0v) is 10.5. The molecule has 0 fully saturated rings. The van der Waals surface area contributed by atoms with Gasteiger partial charge >= 0.3 is 5.97 Å². The van der Waals surface area contributed by atoms with E-state index in [-0.39, 0.29) is 0 Å². The molecule has 98 valence electrons. The minimum absolute atomic E-state index is 0.385. The first kappa shape index (κ1) is 12.7. The van der Waals surface area contributed by atoms with E-state index >= 15 is 0 Å². The Hall–Kier alpha value is -1.75. The van der Waals surface area contributed by atoms with E-state index in [1.807, 2.05) is 13.0 Å². The van der Waals surface area contributed by atoms with Crippen LogP contribution in [0.4, 0.5) is 0 Å². The molecule has 0 aliphatic carbocycles. The Morgan fingerprint density at radius 3 is 2.56 bits per heavy atom. The number of hydrogen-bond acceptors (Lipinski definition) is 4. The maximum atomic E-state index is 11.3. The Bertz CT molecular complexity index is 459. The van der Waals surface area contributed by atoms with Crippen LogP contribution in [0.5, 0.6) is 11.5 Å². The third kappa shape index (κ3) is 2.41. The zero-order valence-electron chi connectivity index (χ0n) is 10.5. The normalized spacial score (nSPS) is 15.2. The first-order chi connectivity index (χ1) is 8.63. The van der Waals surface area contributed by atoms with Gasteiger partial charge < -0.3 is 19.9 Å². The van der Waals surface area contributed by atoms with Crippen LogP contribution in [0.15, 0.2) is 12.1 Å². The zero-order chi connectivity index (χ0) is 13.1. The van der Waals surface area contributed by atoms with Crippen molar-refractivity contribution in [3.63, 3.8) is 0 Å². The van der Waals surface area contributed by atoms with Gasteiger partial charge in [-0.05, 0) is 37.2 Å². The lowest BCUT2D eigenvalue weighted by Crippen LogP contribution is -2.25. The van der Waals surface area contributed by atoms with E-state index in [1.165, 1.54) is 0 Å². The molecule has 1 unspecified atom stereocenters. The Kier molecular flexibility index (Phi) is 3.72. The second kappa shape index (κ2) is 5.27. The molecule has 1 atom stereocenters. The van der Waals surface area contributed by atoms with Gasteiger partial charge in [0.1, 0.15) is 13.2 Å². The van der Waals surface area contributed by atoms with Crippen LogP contribution in [0.25, 0.3) is 0 Å². The fourth-order valence-electron chi connectivity index (χ4n) is 2.12. The van der Waals surface area contributed by atoms with Crippen molar-refractivity contribution >= 4 is 5.97 Å². The first-order valence-corrected chi connectivity index (χ1v) is 5.91. The highest BCUT2D eigenvalue weighted by Crippen LogP contribution is 2.35. The molecular weight excluding hydrogens is 234 g/mol. The van der Waals surface area contributed by atoms with Crippen LogP contribution in [0.2, 0.25) is 0 Å². The van der Waals surface area contributed by atoms with Crippen molar-refractivity contribution in [3.05, 3.63) is 23.3 Å². The summed E-state index contributed by atoms with van der Waals surface area (Å²) in [6, 6.07) is 3.62. The minimum atomic E-state index is -0.843. The number of carbonyl (C=O) groups is 1. The van der Waals surface area contributed by atoms with Gasteiger partial charge in [0.2, 0.25) is 0 Å². The highest BCUT2D eigenvalue weighted by Gasteiger charge is 2.24. The minimum Gasteiger partial charge on any atom is -0.486 e. The number of likely N-dealkylation sites (N-methyl/N-ethyl adjacent to an activating group) is 1. The monoisotopic (exact) mass is 251 g/mol. The summed E-state index contributed by atoms with van der Waals surface area (Å²) in [5.74, 6) is -0.102. The van der Waals surface area contributed by atoms with E-state index in [2.05, 4.69) is 5.32 Å². The summed E-state index contributed by atoms with van der Waals surface area (Å²) in [6.45, 7) is 3.30. The summed E-state index contributed by atoms with van der Waals surface area (Å²) < 4.78 is 11.0. The van der Waals surface area contributed by atoms with Gasteiger partial charge in [-0.2, -0.15) is 0 Å². The molecule has 0 radical (unpaired) electrons. The molecular formula is C13H17NO4. The van der Waals surface area contributed by atoms with E-state index in [4.69, 9.17) is 9.47 Å². The number of benzene rings is 1. The summed E-state index contributed by atoms with van der Waals surface area (Å²) in [4.78, 5) is 11.3. The van der Waals surface area contributed by atoms with Gasteiger partial charge in [0.15, 0.2) is 11.5 Å². The fraction of sp³-hybridized carbons (Fsp3) is 0.462. The molecule has 2 rings (SSSR count). The molecule has 0 aromatic heterocycles. The Balaban J connectivity index is 2.39. The maximum Gasteiger partial charge on any atom is 0.312 e. The smallest absolute Gasteiger partial charge is 0.312 e. The van der Waals surface area contributed by atoms with E-state index in [0.29, 0.717) is 31.3 Å². The molecule has 18 heavy (non-hydrogen) atoms. The summed E-state index contributed by atoms with van der Waals surface area (Å²) in [5.41, 5.74) is 1.67. The lowest BCUT2D eigenvalue weighted by molar-refractivity contribution is -0.138. The topological polar surface area (TPSA) is 67.8 Å². The third-order valence-electron chi connectivity index (χ3n) is 3.01. The summed E-state index contributed by atoms with van der Waals surface area (Å²) in [6.07, 6.45) is 0. The maximum absolute atomic E-state index is 11.3. The van der Waals surface area contributed by atoms with Gasteiger partial charge in [0, 0.05) is 6.54 Å². The predicted octanol–water partition coefficient (Wildman–Crippen LogP) is 1.15. The van der Waals surface area contributed by atoms with Crippen LogP contribution in [0, 0.1) is 6.92 Å². The predicted molar refractivity (Wildman–Crippen MR) is 66.5 cm³/mol. The van der Waals surface area contributed by atoms with E-state index < -0.39 is 11.9 Å². The quantitative estimate of drug-likeness (QED) is 0.840. The number of ether oxygens (including phenoxy) is 2. The number of nitrogens with one attached hydrogen (secondary N) is 1. The number of rotatable bonds is 4. The number of carboxylic acid groups (broad SMARTS) is 1. The van der Waals surface area contributed by atoms with Crippen LogP contribution in [0.1, 0.15) is 17.0 Å². The number of carboxylic acids is 1. The average Bonchev–Trinajstić information content (AvgIpc) is 2.35. The van der Waals surface area contributed by atoms with Gasteiger partial charge in [-0.25, -0.2) is 0 Å². The molecule has 5 heteroatoms. The number of hydrogen-bond donors (Lipinski definition) is 2. The highest BCUT2D eigenvalue weighted by atomic mass is 16.6. The van der Waals surface area contributed by atoms with Crippen LogP contribution in [0.3, 0.4) is 0 Å². The SMILES string of the molecule is CNCC(C(=O)O)c1cc2c(cc1C)OCCO2. The average molecular weight is 251 g/mol. The van der Waals surface area contributed by atoms with E-state index in [1.54, 1.807) is 13.1 Å². The molecule has 0 amide bonds. The molecule has 0 spiro atoms. The van der Waals surface area contributed by atoms with Crippen molar-refractivity contribution in [2.75, 3.05) is 26.8 Å². The van der Waals surface area contributed by atoms with Crippen molar-refractivity contribution in [2.45, 2.75) is 12.8 Å². The number of aliphatic carboxylic acids is 1. The molecule has 0 saturated heterocycles. The number of aryl methyl sites for hydroxylation is 1. The largest absolute Gasteiger partial charge is 0.486 e. The standard InChI is InChI=1S/C13H17NO4/c1-8-5-11-12(18-4-3-17-11)6-9(8)10(7-14-2)13(15)16/h5-6,10,14H,3-4,7H2,1-2H3,(H,15,16). The Morgan fingerprint density at radius 1 is 1.39 bits per heavy atom. The van der Waals surface area contributed by atoms with Crippen LogP contribution in [-0.4, -0.2) is 37.9 Å². The van der Waals surface area contributed by atoms with E-state index in [0.717, 1.165) is 11.1 Å². The van der Waals surface area contributed by atoms with Gasteiger partial charge in [-0.1, -0.05) is 0 Å². The summed E-state index contributed by atoms with van der Waals surface area (Å²) >= 11 is 0. The number of fused-ring (bicyclic) bond motifs is 1. The molecule has 1 heterocycles. The molecule has 2 N–H and O–H groups in total. The Labute approximate surface area is 106 Å². The van der Waals surface area contributed by atoms with Gasteiger partial charge in [0.25, 0.3) is 0 Å². The van der Waals surface area contributed by atoms with Crippen molar-refractivity contribution < 1.29 is 19.4 Å². The van der Waals surface area contributed by atoms with Crippen LogP contribution in [-0.2, 0) is 4.79 Å². The highest BCUT2D eigenvalue weighted by molar-refractivity contribution is 5.77. The van der Waals surface area contributed by atoms with Crippen molar-refractivity contribution in [1.82, 2.24) is 5.32 Å². The molecule has 0 saturated carbocycles. The second-order valence-corrected chi connectivity index (χ2v) is 4.30. The molecule has 1 aromatic carbocycles. The van der Waals surface area contributed by atoms with Gasteiger partial charge in [-0.3, -0.25) is 4.79 Å². The van der Waals surface area contributed by atoms with Crippen molar-refractivity contribution in [2.24, 2.45) is 0 Å². The molecule has 1 aliphatic rings. The van der Waals surface area contributed by atoms with Crippen molar-refractivity contribution in [1.29, 1.82) is 0 Å². The van der Waals surface area contributed by atoms with Crippen LogP contribution < -0.4 is 14.8 Å². The van der Waals surface area contributed by atoms with Gasteiger partial charge in [-0.15, -0.1) is 0 Å². The third-order valence-corrected chi connectivity index (χ3v) is 3.01. The lowest BCUT2D eigenvalue weighted by Gasteiger charge is -2.22. The molecule has 1 aromatic rings. The summed E-state index contributed by atoms with van der Waals surface area (Å²) in [7, 11) is 1.74. The summed E-state index contributed by atoms with van der Waals surface area (Å²) in [5, 5.41) is 12.2. The van der Waals surface area contributed by atoms with Gasteiger partial charge in [0.05, 0.1) is 5.92 Å². The molecule has 0 bridgehead atoms. The fourth-order valence-corrected chi connectivity index (χ4v) is 2.12. The first-order valence-electron chi connectivity index (χ1n) is 5.91. The second-order valence-electron chi connectivity index (χ2n) is 4.30. The molecule has 5 nitrogen and oxygen atoms in total. The van der Waals surface area contributed by atoms with Crippen LogP contribution >= 0.6 is 0 Å². The van der Waals surface area contributed by atoms with Crippen molar-refractivity contribution in [3.8, 4) is 11.5 Å². The molecule has 1 aliphatic heterocycles.